The number of hydrogen-bond acceptors (Lipinski definition) is 2. The lowest BCUT2D eigenvalue weighted by Crippen LogP contribution is -2.46. The van der Waals surface area contributed by atoms with Gasteiger partial charge >= 0.3 is 0 Å². The SMILES string of the molecule is CCc1ccc(CN[C@@H]2CCC(C)(C)[C@H](C)[C@H]2C)s1. The second-order valence-electron chi connectivity index (χ2n) is 6.88. The summed E-state index contributed by atoms with van der Waals surface area (Å²) in [6, 6.07) is 5.25. The number of nitrogens with one attached hydrogen (secondary N) is 1. The molecule has 19 heavy (non-hydrogen) atoms. The number of thiophene rings is 1. The summed E-state index contributed by atoms with van der Waals surface area (Å²) in [5, 5.41) is 3.80. The zero-order valence-electron chi connectivity index (χ0n) is 13.1. The van der Waals surface area contributed by atoms with Crippen molar-refractivity contribution in [2.45, 2.75) is 66.5 Å². The molecule has 0 bridgehead atoms. The van der Waals surface area contributed by atoms with E-state index in [0.29, 0.717) is 11.5 Å². The van der Waals surface area contributed by atoms with Gasteiger partial charge in [-0.3, -0.25) is 0 Å². The van der Waals surface area contributed by atoms with Gasteiger partial charge in [0.15, 0.2) is 0 Å². The summed E-state index contributed by atoms with van der Waals surface area (Å²) < 4.78 is 0. The van der Waals surface area contributed by atoms with Gasteiger partial charge in [-0.2, -0.15) is 0 Å². The summed E-state index contributed by atoms with van der Waals surface area (Å²) in [4.78, 5) is 2.99. The molecular weight excluding hydrogens is 250 g/mol. The van der Waals surface area contributed by atoms with Crippen molar-refractivity contribution in [1.82, 2.24) is 5.32 Å². The van der Waals surface area contributed by atoms with E-state index in [-0.39, 0.29) is 0 Å². The first-order valence-corrected chi connectivity index (χ1v) is 8.56. The molecule has 1 aromatic rings. The Morgan fingerprint density at radius 3 is 2.58 bits per heavy atom. The van der Waals surface area contributed by atoms with E-state index in [1.807, 2.05) is 11.3 Å². The van der Waals surface area contributed by atoms with Crippen molar-refractivity contribution >= 4 is 11.3 Å². The van der Waals surface area contributed by atoms with Crippen molar-refractivity contribution in [1.29, 1.82) is 0 Å². The minimum absolute atomic E-state index is 0.510. The van der Waals surface area contributed by atoms with Crippen molar-refractivity contribution < 1.29 is 0 Å². The molecule has 1 heterocycles. The predicted octanol–water partition coefficient (Wildman–Crippen LogP) is 4.86. The largest absolute Gasteiger partial charge is 0.309 e. The van der Waals surface area contributed by atoms with Crippen LogP contribution < -0.4 is 5.32 Å². The summed E-state index contributed by atoms with van der Waals surface area (Å²) in [6.45, 7) is 13.0. The van der Waals surface area contributed by atoms with Crippen LogP contribution in [0.4, 0.5) is 0 Å². The topological polar surface area (TPSA) is 12.0 Å². The van der Waals surface area contributed by atoms with Crippen LogP contribution >= 0.6 is 11.3 Å². The molecule has 0 unspecified atom stereocenters. The lowest BCUT2D eigenvalue weighted by molar-refractivity contribution is 0.0685. The highest BCUT2D eigenvalue weighted by Gasteiger charge is 2.38. The molecule has 2 heteroatoms. The van der Waals surface area contributed by atoms with Crippen LogP contribution in [0, 0.1) is 17.3 Å². The van der Waals surface area contributed by atoms with Gasteiger partial charge in [0.25, 0.3) is 0 Å². The first kappa shape index (κ1) is 15.1. The van der Waals surface area contributed by atoms with Crippen molar-refractivity contribution in [2.75, 3.05) is 0 Å². The van der Waals surface area contributed by atoms with Gasteiger partial charge in [-0.05, 0) is 48.6 Å². The van der Waals surface area contributed by atoms with Crippen LogP contribution in [-0.4, -0.2) is 6.04 Å². The minimum atomic E-state index is 0.510. The Labute approximate surface area is 122 Å². The molecule has 1 aromatic heterocycles. The van der Waals surface area contributed by atoms with Crippen molar-refractivity contribution in [2.24, 2.45) is 17.3 Å². The second-order valence-corrected chi connectivity index (χ2v) is 8.14. The maximum absolute atomic E-state index is 3.80. The Morgan fingerprint density at radius 1 is 1.26 bits per heavy atom. The fraction of sp³-hybridized carbons (Fsp3) is 0.765. The molecule has 2 rings (SSSR count). The fourth-order valence-electron chi connectivity index (χ4n) is 3.31. The van der Waals surface area contributed by atoms with Crippen molar-refractivity contribution in [3.05, 3.63) is 21.9 Å². The van der Waals surface area contributed by atoms with Crippen LogP contribution in [0.25, 0.3) is 0 Å². The lowest BCUT2D eigenvalue weighted by atomic mass is 9.63. The van der Waals surface area contributed by atoms with Gasteiger partial charge in [0.2, 0.25) is 0 Å². The van der Waals surface area contributed by atoms with Crippen LogP contribution in [0.1, 0.15) is 57.2 Å². The third-order valence-corrected chi connectivity index (χ3v) is 6.59. The summed E-state index contributed by atoms with van der Waals surface area (Å²) in [5.41, 5.74) is 0.510. The molecule has 1 aliphatic carbocycles. The van der Waals surface area contributed by atoms with Crippen LogP contribution in [-0.2, 0) is 13.0 Å². The van der Waals surface area contributed by atoms with Crippen LogP contribution in [0.15, 0.2) is 12.1 Å². The average Bonchev–Trinajstić information content (AvgIpc) is 2.83. The second kappa shape index (κ2) is 5.97. The first-order valence-electron chi connectivity index (χ1n) is 7.75. The monoisotopic (exact) mass is 279 g/mol. The number of aryl methyl sites for hydroxylation is 1. The molecular formula is C17H29NS. The molecule has 1 N–H and O–H groups in total. The molecule has 108 valence electrons. The molecule has 0 aliphatic heterocycles. The molecule has 1 saturated carbocycles. The predicted molar refractivity (Wildman–Crippen MR) is 85.7 cm³/mol. The molecule has 1 fully saturated rings. The van der Waals surface area contributed by atoms with Crippen LogP contribution in [0.2, 0.25) is 0 Å². The molecule has 1 aliphatic rings. The van der Waals surface area contributed by atoms with Gasteiger partial charge in [-0.15, -0.1) is 11.3 Å². The van der Waals surface area contributed by atoms with E-state index in [1.165, 1.54) is 22.6 Å². The normalized spacial score (nSPS) is 30.5. The minimum Gasteiger partial charge on any atom is -0.309 e. The van der Waals surface area contributed by atoms with E-state index < -0.39 is 0 Å². The van der Waals surface area contributed by atoms with Crippen LogP contribution in [0.3, 0.4) is 0 Å². The van der Waals surface area contributed by atoms with Gasteiger partial charge in [-0.25, -0.2) is 0 Å². The van der Waals surface area contributed by atoms with E-state index in [9.17, 15) is 0 Å². The van der Waals surface area contributed by atoms with Crippen molar-refractivity contribution in [3.8, 4) is 0 Å². The Kier molecular flexibility index (Phi) is 4.73. The average molecular weight is 279 g/mol. The molecule has 0 radical (unpaired) electrons. The van der Waals surface area contributed by atoms with Gasteiger partial charge in [-0.1, -0.05) is 34.6 Å². The molecule has 3 atom stereocenters. The van der Waals surface area contributed by atoms with Crippen molar-refractivity contribution in [3.63, 3.8) is 0 Å². The third-order valence-electron chi connectivity index (χ3n) is 5.36. The zero-order valence-corrected chi connectivity index (χ0v) is 13.9. The summed E-state index contributed by atoms with van der Waals surface area (Å²) in [7, 11) is 0. The van der Waals surface area contributed by atoms with Crippen LogP contribution in [0.5, 0.6) is 0 Å². The quantitative estimate of drug-likeness (QED) is 0.830. The molecule has 0 aromatic carbocycles. The maximum Gasteiger partial charge on any atom is 0.0302 e. The molecule has 1 nitrogen and oxygen atoms in total. The maximum atomic E-state index is 3.80. The number of hydrogen-bond donors (Lipinski definition) is 1. The van der Waals surface area contributed by atoms with E-state index >= 15 is 0 Å². The highest BCUT2D eigenvalue weighted by molar-refractivity contribution is 7.11. The van der Waals surface area contributed by atoms with E-state index in [0.717, 1.165) is 24.8 Å². The highest BCUT2D eigenvalue weighted by Crippen LogP contribution is 2.43. The number of rotatable bonds is 4. The highest BCUT2D eigenvalue weighted by atomic mass is 32.1. The molecule has 0 saturated heterocycles. The fourth-order valence-corrected chi connectivity index (χ4v) is 4.21. The van der Waals surface area contributed by atoms with E-state index in [1.54, 1.807) is 0 Å². The van der Waals surface area contributed by atoms with Gasteiger partial charge in [0.05, 0.1) is 0 Å². The van der Waals surface area contributed by atoms with E-state index in [2.05, 4.69) is 52.1 Å². The molecule has 0 spiro atoms. The smallest absolute Gasteiger partial charge is 0.0302 e. The first-order chi connectivity index (χ1) is 8.94. The summed E-state index contributed by atoms with van der Waals surface area (Å²) in [6.07, 6.45) is 3.83. The summed E-state index contributed by atoms with van der Waals surface area (Å²) in [5.74, 6) is 1.57. The van der Waals surface area contributed by atoms with Gasteiger partial charge in [0, 0.05) is 22.3 Å². The standard InChI is InChI=1S/C17H29NS/c1-6-14-7-8-15(19-14)11-18-16-9-10-17(4,5)13(3)12(16)2/h7-8,12-13,16,18H,6,9-11H2,1-5H3/t12-,13-,16-/m1/s1. The zero-order chi connectivity index (χ0) is 14.0. The van der Waals surface area contributed by atoms with Gasteiger partial charge < -0.3 is 5.32 Å². The Balaban J connectivity index is 1.90. The Hall–Kier alpha value is -0.340. The molecule has 0 amide bonds. The summed E-state index contributed by atoms with van der Waals surface area (Å²) >= 11 is 1.96. The van der Waals surface area contributed by atoms with Gasteiger partial charge in [0.1, 0.15) is 0 Å². The van der Waals surface area contributed by atoms with E-state index in [4.69, 9.17) is 0 Å². The Morgan fingerprint density at radius 2 is 1.95 bits per heavy atom. The lowest BCUT2D eigenvalue weighted by Gasteiger charge is -2.45. The third kappa shape index (κ3) is 3.41. The Bertz CT molecular complexity index is 407.